The van der Waals surface area contributed by atoms with E-state index in [0.29, 0.717) is 24.5 Å². The van der Waals surface area contributed by atoms with Gasteiger partial charge in [-0.25, -0.2) is 0 Å². The highest BCUT2D eigenvalue weighted by Crippen LogP contribution is 2.07. The fourth-order valence-electron chi connectivity index (χ4n) is 1.78. The van der Waals surface area contributed by atoms with Crippen LogP contribution in [-0.2, 0) is 4.74 Å². The molecule has 2 rings (SSSR count). The lowest BCUT2D eigenvalue weighted by molar-refractivity contribution is 0.0694. The number of ether oxygens (including phenoxy) is 1. The topological polar surface area (TPSA) is 77.2 Å². The molecule has 0 atom stereocenters. The molecule has 0 bridgehead atoms. The number of thiocarbonyl (C=S) groups is 1. The lowest BCUT2D eigenvalue weighted by Gasteiger charge is -2.22. The number of hydrogen-bond acceptors (Lipinski definition) is 4. The van der Waals surface area contributed by atoms with Crippen molar-refractivity contribution >= 4 is 23.1 Å². The summed E-state index contributed by atoms with van der Waals surface area (Å²) in [6, 6.07) is 3.50. The maximum atomic E-state index is 11.9. The smallest absolute Gasteiger partial charge is 0.270 e. The van der Waals surface area contributed by atoms with Crippen molar-refractivity contribution in [2.75, 3.05) is 13.2 Å². The number of aromatic nitrogens is 1. The van der Waals surface area contributed by atoms with Crippen LogP contribution in [0, 0.1) is 0 Å². The Hall–Kier alpha value is -1.53. The minimum Gasteiger partial charge on any atom is -0.389 e. The Kier molecular flexibility index (Phi) is 4.22. The third-order valence-electron chi connectivity index (χ3n) is 2.84. The van der Waals surface area contributed by atoms with Gasteiger partial charge in [0.15, 0.2) is 0 Å². The largest absolute Gasteiger partial charge is 0.389 e. The normalized spacial score (nSPS) is 16.2. The molecule has 5 nitrogen and oxygen atoms in total. The number of carbonyl (C=O) groups excluding carboxylic acids is 1. The fraction of sp³-hybridized carbons (Fsp3) is 0.417. The predicted molar refractivity (Wildman–Crippen MR) is 71.4 cm³/mol. The van der Waals surface area contributed by atoms with E-state index < -0.39 is 0 Å². The molecule has 0 unspecified atom stereocenters. The maximum Gasteiger partial charge on any atom is 0.270 e. The Morgan fingerprint density at radius 1 is 1.44 bits per heavy atom. The molecule has 0 aliphatic carbocycles. The summed E-state index contributed by atoms with van der Waals surface area (Å²) < 4.78 is 5.23. The Balaban J connectivity index is 1.97. The van der Waals surface area contributed by atoms with Gasteiger partial charge in [0.05, 0.1) is 0 Å². The lowest BCUT2D eigenvalue weighted by Crippen LogP contribution is -2.39. The van der Waals surface area contributed by atoms with Crippen molar-refractivity contribution in [3.63, 3.8) is 0 Å². The second kappa shape index (κ2) is 5.88. The molecule has 1 aromatic rings. The van der Waals surface area contributed by atoms with Gasteiger partial charge in [-0.05, 0) is 25.0 Å². The summed E-state index contributed by atoms with van der Waals surface area (Å²) in [5.41, 5.74) is 6.50. The van der Waals surface area contributed by atoms with Gasteiger partial charge in [-0.1, -0.05) is 12.2 Å². The zero-order valence-corrected chi connectivity index (χ0v) is 10.7. The summed E-state index contributed by atoms with van der Waals surface area (Å²) >= 11 is 4.83. The van der Waals surface area contributed by atoms with Crippen molar-refractivity contribution < 1.29 is 9.53 Å². The van der Waals surface area contributed by atoms with E-state index >= 15 is 0 Å². The van der Waals surface area contributed by atoms with Crippen molar-refractivity contribution in [1.82, 2.24) is 10.3 Å². The van der Waals surface area contributed by atoms with Crippen LogP contribution in [0.3, 0.4) is 0 Å². The number of nitrogens with one attached hydrogen (secondary N) is 1. The van der Waals surface area contributed by atoms with Crippen LogP contribution in [0.15, 0.2) is 18.3 Å². The minimum atomic E-state index is -0.170. The van der Waals surface area contributed by atoms with Crippen LogP contribution in [0.1, 0.15) is 28.9 Å². The van der Waals surface area contributed by atoms with E-state index in [1.165, 1.54) is 6.20 Å². The number of nitrogens with two attached hydrogens (primary N) is 1. The maximum absolute atomic E-state index is 11.9. The second-order valence-electron chi connectivity index (χ2n) is 4.16. The van der Waals surface area contributed by atoms with E-state index in [1.54, 1.807) is 12.1 Å². The summed E-state index contributed by atoms with van der Waals surface area (Å²) in [7, 11) is 0. The molecule has 96 valence electrons. The summed E-state index contributed by atoms with van der Waals surface area (Å²) in [6.45, 7) is 1.39. The average molecular weight is 265 g/mol. The van der Waals surface area contributed by atoms with E-state index in [2.05, 4.69) is 10.3 Å². The molecule has 1 aromatic heterocycles. The number of amides is 1. The van der Waals surface area contributed by atoms with Crippen LogP contribution in [0.25, 0.3) is 0 Å². The first-order valence-corrected chi connectivity index (χ1v) is 6.22. The quantitative estimate of drug-likeness (QED) is 0.784. The summed E-state index contributed by atoms with van der Waals surface area (Å²) in [6.07, 6.45) is 3.20. The monoisotopic (exact) mass is 265 g/mol. The van der Waals surface area contributed by atoms with Gasteiger partial charge in [0.2, 0.25) is 0 Å². The van der Waals surface area contributed by atoms with Crippen molar-refractivity contribution in [1.29, 1.82) is 0 Å². The third-order valence-corrected chi connectivity index (χ3v) is 3.07. The van der Waals surface area contributed by atoms with Crippen LogP contribution in [0.5, 0.6) is 0 Å². The lowest BCUT2D eigenvalue weighted by atomic mass is 10.1. The molecular formula is C12H15N3O2S. The highest BCUT2D eigenvalue weighted by molar-refractivity contribution is 7.80. The van der Waals surface area contributed by atoms with Crippen LogP contribution in [0.4, 0.5) is 0 Å². The van der Waals surface area contributed by atoms with Gasteiger partial charge in [0, 0.05) is 31.0 Å². The van der Waals surface area contributed by atoms with Gasteiger partial charge in [-0.15, -0.1) is 0 Å². The van der Waals surface area contributed by atoms with Gasteiger partial charge in [0.25, 0.3) is 5.91 Å². The van der Waals surface area contributed by atoms with E-state index in [0.717, 1.165) is 12.8 Å². The number of hydrogen-bond donors (Lipinski definition) is 2. The Morgan fingerprint density at radius 3 is 2.72 bits per heavy atom. The Bertz CT molecular complexity index is 441. The van der Waals surface area contributed by atoms with Gasteiger partial charge in [-0.3, -0.25) is 9.78 Å². The molecule has 1 saturated heterocycles. The molecule has 1 aliphatic heterocycles. The standard InChI is InChI=1S/C12H15N3O2S/c13-11(18)8-1-2-10(14-7-8)12(16)15-9-3-5-17-6-4-9/h1-2,7,9H,3-6H2,(H2,13,18)(H,15,16). The van der Waals surface area contributed by atoms with Gasteiger partial charge < -0.3 is 15.8 Å². The number of pyridine rings is 1. The molecule has 3 N–H and O–H groups in total. The average Bonchev–Trinajstić information content (AvgIpc) is 2.40. The van der Waals surface area contributed by atoms with E-state index in [9.17, 15) is 4.79 Å². The van der Waals surface area contributed by atoms with Crippen molar-refractivity contribution in [2.45, 2.75) is 18.9 Å². The van der Waals surface area contributed by atoms with Crippen LogP contribution in [-0.4, -0.2) is 35.1 Å². The van der Waals surface area contributed by atoms with Crippen molar-refractivity contribution in [3.05, 3.63) is 29.6 Å². The Labute approximate surface area is 111 Å². The first-order chi connectivity index (χ1) is 8.66. The minimum absolute atomic E-state index is 0.170. The van der Waals surface area contributed by atoms with Crippen LogP contribution in [0.2, 0.25) is 0 Å². The van der Waals surface area contributed by atoms with Gasteiger partial charge >= 0.3 is 0 Å². The first-order valence-electron chi connectivity index (χ1n) is 5.81. The highest BCUT2D eigenvalue weighted by atomic mass is 32.1. The molecule has 0 spiro atoms. The zero-order valence-electron chi connectivity index (χ0n) is 9.89. The zero-order chi connectivity index (χ0) is 13.0. The fourth-order valence-corrected chi connectivity index (χ4v) is 1.90. The van der Waals surface area contributed by atoms with Crippen LogP contribution < -0.4 is 11.1 Å². The predicted octanol–water partition coefficient (Wildman–Crippen LogP) is 0.625. The summed E-state index contributed by atoms with van der Waals surface area (Å²) in [5.74, 6) is -0.170. The molecule has 18 heavy (non-hydrogen) atoms. The molecular weight excluding hydrogens is 250 g/mol. The van der Waals surface area contributed by atoms with E-state index in [1.807, 2.05) is 0 Å². The molecule has 2 heterocycles. The number of carbonyl (C=O) groups is 1. The highest BCUT2D eigenvalue weighted by Gasteiger charge is 2.17. The molecule has 0 radical (unpaired) electrons. The Morgan fingerprint density at radius 2 is 2.17 bits per heavy atom. The molecule has 0 aromatic carbocycles. The van der Waals surface area contributed by atoms with Crippen LogP contribution >= 0.6 is 12.2 Å². The summed E-state index contributed by atoms with van der Waals surface area (Å²) in [5, 5.41) is 2.94. The molecule has 6 heteroatoms. The van der Waals surface area contributed by atoms with Crippen molar-refractivity contribution in [3.8, 4) is 0 Å². The molecule has 1 aliphatic rings. The molecule has 1 amide bonds. The summed E-state index contributed by atoms with van der Waals surface area (Å²) in [4.78, 5) is 16.2. The van der Waals surface area contributed by atoms with E-state index in [-0.39, 0.29) is 16.9 Å². The third kappa shape index (κ3) is 3.24. The number of rotatable bonds is 3. The van der Waals surface area contributed by atoms with Gasteiger partial charge in [0.1, 0.15) is 10.7 Å². The molecule has 1 fully saturated rings. The second-order valence-corrected chi connectivity index (χ2v) is 4.60. The SMILES string of the molecule is NC(=S)c1ccc(C(=O)NC2CCOCC2)nc1. The first kappa shape index (κ1) is 12.9. The van der Waals surface area contributed by atoms with Gasteiger partial charge in [-0.2, -0.15) is 0 Å². The van der Waals surface area contributed by atoms with Crippen molar-refractivity contribution in [2.24, 2.45) is 5.73 Å². The van der Waals surface area contributed by atoms with E-state index in [4.69, 9.17) is 22.7 Å². The molecule has 0 saturated carbocycles. The number of nitrogens with zero attached hydrogens (tertiary/aromatic N) is 1.